The lowest BCUT2D eigenvalue weighted by atomic mass is 9.83. The zero-order valence-corrected chi connectivity index (χ0v) is 17.2. The molecule has 0 aliphatic heterocycles. The molecule has 0 bridgehead atoms. The van der Waals surface area contributed by atoms with Gasteiger partial charge >= 0.3 is 0 Å². The Labute approximate surface area is 146 Å². The first-order valence-electron chi connectivity index (χ1n) is 9.96. The first-order chi connectivity index (χ1) is 10.6. The van der Waals surface area contributed by atoms with E-state index in [1.807, 2.05) is 0 Å². The standard InChI is InChI=1S/C21H44NO/c1-8-9-10-11-12-13-14-15-16-17-18-19(22(5,6)7)20(23)21(2,3)4/h19H,8-18H2,1-7H3/q+1. The second kappa shape index (κ2) is 11.2. The largest absolute Gasteiger partial charge is 0.322 e. The van der Waals surface area contributed by atoms with Crippen molar-refractivity contribution < 1.29 is 9.28 Å². The zero-order chi connectivity index (χ0) is 17.9. The highest BCUT2D eigenvalue weighted by Gasteiger charge is 2.37. The molecule has 2 heteroatoms. The van der Waals surface area contributed by atoms with E-state index in [1.54, 1.807) is 0 Å². The zero-order valence-electron chi connectivity index (χ0n) is 17.2. The average molecular weight is 327 g/mol. The Hall–Kier alpha value is -0.370. The fourth-order valence-electron chi connectivity index (χ4n) is 3.20. The van der Waals surface area contributed by atoms with Crippen LogP contribution in [0.4, 0.5) is 0 Å². The van der Waals surface area contributed by atoms with Gasteiger partial charge < -0.3 is 4.48 Å². The van der Waals surface area contributed by atoms with Crippen LogP contribution < -0.4 is 0 Å². The normalized spacial score (nSPS) is 14.0. The van der Waals surface area contributed by atoms with Crippen molar-refractivity contribution in [1.29, 1.82) is 0 Å². The highest BCUT2D eigenvalue weighted by Crippen LogP contribution is 2.25. The summed E-state index contributed by atoms with van der Waals surface area (Å²) in [6, 6.07) is 0.143. The number of quaternary nitrogens is 1. The monoisotopic (exact) mass is 326 g/mol. The van der Waals surface area contributed by atoms with Crippen LogP contribution in [0.1, 0.15) is 98.3 Å². The molecule has 0 radical (unpaired) electrons. The average Bonchev–Trinajstić information content (AvgIpc) is 2.42. The molecule has 0 amide bonds. The summed E-state index contributed by atoms with van der Waals surface area (Å²) in [5, 5.41) is 0. The van der Waals surface area contributed by atoms with Crippen molar-refractivity contribution >= 4 is 5.78 Å². The summed E-state index contributed by atoms with van der Waals surface area (Å²) in [5.74, 6) is 0.418. The number of Topliss-reactive ketones (excluding diaryl/α,β-unsaturated/α-hetero) is 1. The van der Waals surface area contributed by atoms with Crippen LogP contribution in [0, 0.1) is 5.41 Å². The molecule has 0 aromatic rings. The molecule has 0 aliphatic carbocycles. The number of hydrogen-bond donors (Lipinski definition) is 0. The van der Waals surface area contributed by atoms with Crippen molar-refractivity contribution in [1.82, 2.24) is 0 Å². The molecule has 0 aromatic heterocycles. The summed E-state index contributed by atoms with van der Waals surface area (Å²) in [4.78, 5) is 12.7. The lowest BCUT2D eigenvalue weighted by Gasteiger charge is -2.36. The van der Waals surface area contributed by atoms with Crippen molar-refractivity contribution in [2.24, 2.45) is 5.41 Å². The Balaban J connectivity index is 3.92. The van der Waals surface area contributed by atoms with Crippen LogP contribution in [-0.2, 0) is 4.79 Å². The van der Waals surface area contributed by atoms with E-state index in [-0.39, 0.29) is 11.5 Å². The van der Waals surface area contributed by atoms with E-state index in [9.17, 15) is 4.79 Å². The second-order valence-electron chi connectivity index (χ2n) is 9.22. The number of unbranched alkanes of at least 4 members (excludes halogenated alkanes) is 9. The Bertz CT molecular complexity index is 309. The van der Waals surface area contributed by atoms with Crippen molar-refractivity contribution in [2.45, 2.75) is 104 Å². The van der Waals surface area contributed by atoms with E-state index in [2.05, 4.69) is 48.8 Å². The van der Waals surface area contributed by atoms with E-state index < -0.39 is 0 Å². The molecule has 0 saturated heterocycles. The Morgan fingerprint density at radius 2 is 1.17 bits per heavy atom. The third-order valence-corrected chi connectivity index (χ3v) is 4.81. The van der Waals surface area contributed by atoms with Gasteiger partial charge in [-0.3, -0.25) is 4.79 Å². The summed E-state index contributed by atoms with van der Waals surface area (Å²) in [6.07, 6.45) is 14.6. The summed E-state index contributed by atoms with van der Waals surface area (Å²) >= 11 is 0. The predicted molar refractivity (Wildman–Crippen MR) is 103 cm³/mol. The minimum atomic E-state index is -0.227. The molecule has 0 heterocycles. The maximum Gasteiger partial charge on any atom is 0.195 e. The van der Waals surface area contributed by atoms with Gasteiger partial charge in [-0.05, 0) is 6.42 Å². The molecule has 0 N–H and O–H groups in total. The second-order valence-corrected chi connectivity index (χ2v) is 9.22. The van der Waals surface area contributed by atoms with Crippen LogP contribution in [-0.4, -0.2) is 37.5 Å². The molecule has 2 nitrogen and oxygen atoms in total. The van der Waals surface area contributed by atoms with Crippen LogP contribution in [0.25, 0.3) is 0 Å². The Kier molecular flexibility index (Phi) is 11.1. The van der Waals surface area contributed by atoms with Gasteiger partial charge in [0.25, 0.3) is 0 Å². The molecule has 0 rings (SSSR count). The smallest absolute Gasteiger partial charge is 0.195 e. The maximum atomic E-state index is 12.7. The molecule has 1 unspecified atom stereocenters. The van der Waals surface area contributed by atoms with Crippen LogP contribution >= 0.6 is 0 Å². The topological polar surface area (TPSA) is 17.1 Å². The van der Waals surface area contributed by atoms with E-state index in [1.165, 1.54) is 64.2 Å². The summed E-state index contributed by atoms with van der Waals surface area (Å²) in [5.41, 5.74) is -0.227. The van der Waals surface area contributed by atoms with E-state index in [4.69, 9.17) is 0 Å². The van der Waals surface area contributed by atoms with Gasteiger partial charge in [-0.25, -0.2) is 0 Å². The van der Waals surface area contributed by atoms with Crippen molar-refractivity contribution in [3.63, 3.8) is 0 Å². The fraction of sp³-hybridized carbons (Fsp3) is 0.952. The third-order valence-electron chi connectivity index (χ3n) is 4.81. The van der Waals surface area contributed by atoms with Crippen LogP contribution in [0.2, 0.25) is 0 Å². The predicted octanol–water partition coefficient (Wildman–Crippen LogP) is 5.99. The minimum absolute atomic E-state index is 0.143. The van der Waals surface area contributed by atoms with Gasteiger partial charge in [0.1, 0.15) is 6.04 Å². The molecule has 23 heavy (non-hydrogen) atoms. The number of rotatable bonds is 13. The minimum Gasteiger partial charge on any atom is -0.322 e. The summed E-state index contributed by atoms with van der Waals surface area (Å²) in [6.45, 7) is 8.43. The molecule has 0 spiro atoms. The fourth-order valence-corrected chi connectivity index (χ4v) is 3.20. The molecule has 0 aromatic carbocycles. The van der Waals surface area contributed by atoms with Gasteiger partial charge in [-0.15, -0.1) is 0 Å². The highest BCUT2D eigenvalue weighted by atomic mass is 16.1. The molecule has 0 aliphatic rings. The quantitative estimate of drug-likeness (QED) is 0.300. The number of hydrogen-bond acceptors (Lipinski definition) is 1. The van der Waals surface area contributed by atoms with Crippen LogP contribution in [0.3, 0.4) is 0 Å². The maximum absolute atomic E-state index is 12.7. The SMILES string of the molecule is CCCCCCCCCCCCC(C(=O)C(C)(C)C)[N+](C)(C)C. The molecule has 138 valence electrons. The number of nitrogens with zero attached hydrogens (tertiary/aromatic N) is 1. The van der Waals surface area contributed by atoms with Gasteiger partial charge in [0, 0.05) is 11.8 Å². The summed E-state index contributed by atoms with van der Waals surface area (Å²) < 4.78 is 0.757. The first-order valence-corrected chi connectivity index (χ1v) is 9.96. The van der Waals surface area contributed by atoms with Crippen LogP contribution in [0.15, 0.2) is 0 Å². The Morgan fingerprint density at radius 1 is 0.783 bits per heavy atom. The van der Waals surface area contributed by atoms with E-state index >= 15 is 0 Å². The third kappa shape index (κ3) is 10.9. The first kappa shape index (κ1) is 22.6. The Morgan fingerprint density at radius 3 is 1.52 bits per heavy atom. The lowest BCUT2D eigenvalue weighted by molar-refractivity contribution is -0.887. The molecule has 0 fully saturated rings. The van der Waals surface area contributed by atoms with E-state index in [0.29, 0.717) is 5.78 Å². The van der Waals surface area contributed by atoms with Gasteiger partial charge in [0.2, 0.25) is 0 Å². The number of likely N-dealkylation sites (N-methyl/N-ethyl adjacent to an activating group) is 1. The number of ketones is 1. The van der Waals surface area contributed by atoms with Gasteiger partial charge in [-0.1, -0.05) is 85.5 Å². The van der Waals surface area contributed by atoms with Crippen molar-refractivity contribution in [2.75, 3.05) is 21.1 Å². The van der Waals surface area contributed by atoms with E-state index in [0.717, 1.165) is 10.9 Å². The highest BCUT2D eigenvalue weighted by molar-refractivity contribution is 5.87. The molecule has 1 atom stereocenters. The molecule has 0 saturated carbocycles. The summed E-state index contributed by atoms with van der Waals surface area (Å²) in [7, 11) is 6.47. The molecular weight excluding hydrogens is 282 g/mol. The number of carbonyl (C=O) groups is 1. The van der Waals surface area contributed by atoms with Crippen molar-refractivity contribution in [3.05, 3.63) is 0 Å². The molecular formula is C21H44NO+. The van der Waals surface area contributed by atoms with Gasteiger partial charge in [0.15, 0.2) is 5.78 Å². The van der Waals surface area contributed by atoms with Crippen LogP contribution in [0.5, 0.6) is 0 Å². The van der Waals surface area contributed by atoms with Gasteiger partial charge in [0.05, 0.1) is 21.1 Å². The lowest BCUT2D eigenvalue weighted by Crippen LogP contribution is -2.53. The van der Waals surface area contributed by atoms with Gasteiger partial charge in [-0.2, -0.15) is 0 Å². The van der Waals surface area contributed by atoms with Crippen molar-refractivity contribution in [3.8, 4) is 0 Å². The number of carbonyl (C=O) groups excluding carboxylic acids is 1.